The molecule has 0 aliphatic rings. The summed E-state index contributed by atoms with van der Waals surface area (Å²) in [6.45, 7) is 0. The number of fused-ring (bicyclic) bond motifs is 1. The molecule has 0 radical (unpaired) electrons. The van der Waals surface area contributed by atoms with E-state index >= 15 is 0 Å². The summed E-state index contributed by atoms with van der Waals surface area (Å²) in [5.74, 6) is 1.11. The molecule has 0 saturated heterocycles. The van der Waals surface area contributed by atoms with E-state index in [9.17, 15) is 13.2 Å². The Hall–Kier alpha value is -1.96. The molecule has 0 aliphatic carbocycles. The fourth-order valence-corrected chi connectivity index (χ4v) is 1.60. The van der Waals surface area contributed by atoms with Crippen molar-refractivity contribution < 1.29 is 13.2 Å². The number of pyridine rings is 1. The molecule has 2 rings (SSSR count). The van der Waals surface area contributed by atoms with E-state index in [0.717, 1.165) is 0 Å². The average molecular weight is 238 g/mol. The molecular formula is C12H9F3N2. The first-order valence-electron chi connectivity index (χ1n) is 4.96. The van der Waals surface area contributed by atoms with Crippen molar-refractivity contribution >= 4 is 5.65 Å². The van der Waals surface area contributed by atoms with Crippen molar-refractivity contribution in [1.29, 1.82) is 0 Å². The fraction of sp³-hybridized carbons (Fsp3) is 0.250. The van der Waals surface area contributed by atoms with Crippen LogP contribution < -0.4 is 0 Å². The quantitative estimate of drug-likeness (QED) is 0.735. The van der Waals surface area contributed by atoms with Gasteiger partial charge in [0, 0.05) is 12.4 Å². The van der Waals surface area contributed by atoms with Crippen LogP contribution in [-0.4, -0.2) is 15.6 Å². The van der Waals surface area contributed by atoms with Gasteiger partial charge in [0.1, 0.15) is 5.65 Å². The van der Waals surface area contributed by atoms with Gasteiger partial charge in [0.25, 0.3) is 0 Å². The first-order valence-corrected chi connectivity index (χ1v) is 4.96. The largest absolute Gasteiger partial charge is 0.390 e. The number of terminal acetylenes is 1. The number of hydrogen-bond donors (Lipinski definition) is 0. The third-order valence-electron chi connectivity index (χ3n) is 2.38. The normalized spacial score (nSPS) is 13.5. The van der Waals surface area contributed by atoms with Crippen LogP contribution >= 0.6 is 0 Å². The van der Waals surface area contributed by atoms with Crippen LogP contribution in [0.4, 0.5) is 13.2 Å². The Kier molecular flexibility index (Phi) is 2.80. The minimum Gasteiger partial charge on any atom is -0.307 e. The van der Waals surface area contributed by atoms with E-state index in [1.165, 1.54) is 6.20 Å². The number of nitrogens with zero attached hydrogens (tertiary/aromatic N) is 2. The molecule has 0 fully saturated rings. The molecule has 5 heteroatoms. The molecule has 2 heterocycles. The van der Waals surface area contributed by atoms with Gasteiger partial charge in [-0.2, -0.15) is 13.2 Å². The minimum absolute atomic E-state index is 0.274. The number of aromatic nitrogens is 2. The highest BCUT2D eigenvalue weighted by Gasteiger charge is 2.32. The minimum atomic E-state index is -4.28. The predicted octanol–water partition coefficient (Wildman–Crippen LogP) is 3.00. The van der Waals surface area contributed by atoms with Gasteiger partial charge < -0.3 is 4.40 Å². The zero-order chi connectivity index (χ0) is 12.5. The molecule has 0 aliphatic heterocycles. The van der Waals surface area contributed by atoms with Crippen molar-refractivity contribution in [3.05, 3.63) is 36.3 Å². The van der Waals surface area contributed by atoms with E-state index in [1.54, 1.807) is 28.8 Å². The van der Waals surface area contributed by atoms with Crippen LogP contribution in [0.25, 0.3) is 5.65 Å². The van der Waals surface area contributed by atoms with Gasteiger partial charge >= 0.3 is 6.18 Å². The Morgan fingerprint density at radius 2 is 2.18 bits per heavy atom. The average Bonchev–Trinajstić information content (AvgIpc) is 2.67. The molecule has 0 N–H and O–H groups in total. The Morgan fingerprint density at radius 1 is 1.41 bits per heavy atom. The zero-order valence-corrected chi connectivity index (χ0v) is 8.78. The van der Waals surface area contributed by atoms with Gasteiger partial charge in [0.2, 0.25) is 0 Å². The van der Waals surface area contributed by atoms with Crippen molar-refractivity contribution in [2.24, 2.45) is 0 Å². The standard InChI is InChI=1S/C12H9F3N2/c1-2-9(7-12(13,14)15)10-8-17-6-4-3-5-11(17)16-10/h1,3-6,8-9H,7H2. The lowest BCUT2D eigenvalue weighted by Gasteiger charge is -2.10. The predicted molar refractivity (Wildman–Crippen MR) is 57.4 cm³/mol. The third-order valence-corrected chi connectivity index (χ3v) is 2.38. The maximum Gasteiger partial charge on any atom is 0.390 e. The second-order valence-electron chi connectivity index (χ2n) is 3.67. The number of imidazole rings is 1. The van der Waals surface area contributed by atoms with Gasteiger partial charge in [-0.05, 0) is 12.1 Å². The van der Waals surface area contributed by atoms with Gasteiger partial charge in [-0.25, -0.2) is 4.98 Å². The van der Waals surface area contributed by atoms with Crippen LogP contribution in [0.1, 0.15) is 18.0 Å². The summed E-state index contributed by atoms with van der Waals surface area (Å²) in [6.07, 6.45) is 3.05. The first-order chi connectivity index (χ1) is 7.99. The van der Waals surface area contributed by atoms with Crippen molar-refractivity contribution in [3.63, 3.8) is 0 Å². The molecule has 0 bridgehead atoms. The van der Waals surface area contributed by atoms with Gasteiger partial charge in [-0.3, -0.25) is 0 Å². The zero-order valence-electron chi connectivity index (χ0n) is 8.78. The molecule has 2 aromatic rings. The number of alkyl halides is 3. The van der Waals surface area contributed by atoms with Crippen LogP contribution in [0.5, 0.6) is 0 Å². The Morgan fingerprint density at radius 3 is 2.76 bits per heavy atom. The lowest BCUT2D eigenvalue weighted by atomic mass is 10.0. The summed E-state index contributed by atoms with van der Waals surface area (Å²) in [6, 6.07) is 5.25. The van der Waals surface area contributed by atoms with Crippen molar-refractivity contribution in [3.8, 4) is 12.3 Å². The molecule has 88 valence electrons. The number of rotatable bonds is 2. The SMILES string of the molecule is C#CC(CC(F)(F)F)c1cn2ccccc2n1. The molecule has 0 amide bonds. The molecule has 2 nitrogen and oxygen atoms in total. The summed E-state index contributed by atoms with van der Waals surface area (Å²) in [4.78, 5) is 4.09. The number of hydrogen-bond acceptors (Lipinski definition) is 1. The first kappa shape index (κ1) is 11.5. The summed E-state index contributed by atoms with van der Waals surface area (Å²) in [5, 5.41) is 0. The highest BCUT2D eigenvalue weighted by molar-refractivity contribution is 5.41. The molecule has 17 heavy (non-hydrogen) atoms. The van der Waals surface area contributed by atoms with Crippen molar-refractivity contribution in [1.82, 2.24) is 9.38 Å². The van der Waals surface area contributed by atoms with Crippen LogP contribution in [-0.2, 0) is 0 Å². The Balaban J connectivity index is 2.34. The highest BCUT2D eigenvalue weighted by atomic mass is 19.4. The lowest BCUT2D eigenvalue weighted by Crippen LogP contribution is -2.13. The second-order valence-corrected chi connectivity index (χ2v) is 3.67. The van der Waals surface area contributed by atoms with Crippen LogP contribution in [0.3, 0.4) is 0 Å². The van der Waals surface area contributed by atoms with E-state index in [4.69, 9.17) is 6.42 Å². The Labute approximate surface area is 96.1 Å². The van der Waals surface area contributed by atoms with Crippen molar-refractivity contribution in [2.45, 2.75) is 18.5 Å². The summed E-state index contributed by atoms with van der Waals surface area (Å²) in [7, 11) is 0. The van der Waals surface area contributed by atoms with E-state index in [2.05, 4.69) is 10.9 Å². The lowest BCUT2D eigenvalue weighted by molar-refractivity contribution is -0.136. The van der Waals surface area contributed by atoms with E-state index < -0.39 is 18.5 Å². The van der Waals surface area contributed by atoms with E-state index in [-0.39, 0.29) is 5.69 Å². The van der Waals surface area contributed by atoms with Crippen LogP contribution in [0.2, 0.25) is 0 Å². The van der Waals surface area contributed by atoms with E-state index in [0.29, 0.717) is 5.65 Å². The van der Waals surface area contributed by atoms with Gasteiger partial charge in [-0.15, -0.1) is 6.42 Å². The summed E-state index contributed by atoms with van der Waals surface area (Å²) < 4.78 is 38.6. The van der Waals surface area contributed by atoms with Gasteiger partial charge in [0.15, 0.2) is 0 Å². The molecule has 1 atom stereocenters. The molecule has 1 unspecified atom stereocenters. The smallest absolute Gasteiger partial charge is 0.307 e. The molecule has 0 saturated carbocycles. The third kappa shape index (κ3) is 2.59. The Bertz CT molecular complexity index is 530. The van der Waals surface area contributed by atoms with Crippen LogP contribution in [0, 0.1) is 12.3 Å². The topological polar surface area (TPSA) is 17.3 Å². The van der Waals surface area contributed by atoms with Crippen LogP contribution in [0.15, 0.2) is 30.6 Å². The van der Waals surface area contributed by atoms with E-state index in [1.807, 2.05) is 0 Å². The number of halogens is 3. The molecular weight excluding hydrogens is 229 g/mol. The molecule has 0 aromatic carbocycles. The molecule has 2 aromatic heterocycles. The van der Waals surface area contributed by atoms with Gasteiger partial charge in [0.05, 0.1) is 18.0 Å². The van der Waals surface area contributed by atoms with Crippen molar-refractivity contribution in [2.75, 3.05) is 0 Å². The summed E-state index contributed by atoms with van der Waals surface area (Å²) >= 11 is 0. The second kappa shape index (κ2) is 4.13. The maximum atomic E-state index is 12.3. The maximum absolute atomic E-state index is 12.3. The molecule has 0 spiro atoms. The highest BCUT2D eigenvalue weighted by Crippen LogP contribution is 2.30. The van der Waals surface area contributed by atoms with Gasteiger partial charge in [-0.1, -0.05) is 12.0 Å². The monoisotopic (exact) mass is 238 g/mol. The fourth-order valence-electron chi connectivity index (χ4n) is 1.60. The summed E-state index contributed by atoms with van der Waals surface area (Å²) in [5.41, 5.74) is 0.862.